The Morgan fingerprint density at radius 3 is 2.34 bits per heavy atom. The van der Waals surface area contributed by atoms with Crippen molar-refractivity contribution in [1.82, 2.24) is 4.57 Å². The molecule has 0 atom stereocenters. The van der Waals surface area contributed by atoms with Crippen LogP contribution in [0.3, 0.4) is 0 Å². The van der Waals surface area contributed by atoms with Crippen molar-refractivity contribution in [1.29, 1.82) is 0 Å². The summed E-state index contributed by atoms with van der Waals surface area (Å²) in [6.45, 7) is 3.41. The Kier molecular flexibility index (Phi) is 7.38. The molecule has 0 aliphatic heterocycles. The van der Waals surface area contributed by atoms with Crippen LogP contribution in [0.1, 0.15) is 29.8 Å². The third kappa shape index (κ3) is 5.21. The first-order valence-corrected chi connectivity index (χ1v) is 10.2. The first-order valence-electron chi connectivity index (χ1n) is 10.2. The molecule has 0 unspecified atom stereocenters. The van der Waals surface area contributed by atoms with E-state index in [1.807, 2.05) is 30.3 Å². The third-order valence-corrected chi connectivity index (χ3v) is 4.61. The highest BCUT2D eigenvalue weighted by atomic mass is 16.5. The summed E-state index contributed by atoms with van der Waals surface area (Å²) in [6, 6.07) is 13.2. The molecular weight excluding hydrogens is 414 g/mol. The van der Waals surface area contributed by atoms with E-state index in [-0.39, 0.29) is 48.6 Å². The average molecular weight is 437 g/mol. The molecule has 0 amide bonds. The lowest BCUT2D eigenvalue weighted by atomic mass is 10.1. The predicted octanol–water partition coefficient (Wildman–Crippen LogP) is 2.68. The van der Waals surface area contributed by atoms with Crippen LogP contribution < -0.4 is 15.6 Å². The lowest BCUT2D eigenvalue weighted by molar-refractivity contribution is -0.143. The average Bonchev–Trinajstić information content (AvgIpc) is 2.94. The zero-order chi connectivity index (χ0) is 23.1. The number of fused-ring (bicyclic) bond motifs is 1. The van der Waals surface area contributed by atoms with Gasteiger partial charge in [0.2, 0.25) is 10.9 Å². The summed E-state index contributed by atoms with van der Waals surface area (Å²) in [4.78, 5) is 50.2. The molecule has 2 aromatic carbocycles. The van der Waals surface area contributed by atoms with Crippen LogP contribution in [0.4, 0.5) is 0 Å². The van der Waals surface area contributed by atoms with Crippen molar-refractivity contribution >= 4 is 22.8 Å². The number of rotatable bonds is 8. The zero-order valence-corrected chi connectivity index (χ0v) is 17.8. The molecule has 8 heteroatoms. The monoisotopic (exact) mass is 437 g/mol. The van der Waals surface area contributed by atoms with E-state index in [0.29, 0.717) is 0 Å². The summed E-state index contributed by atoms with van der Waals surface area (Å²) in [5.74, 6) is -1.43. The molecule has 1 aromatic heterocycles. The number of aromatic nitrogens is 1. The van der Waals surface area contributed by atoms with Crippen molar-refractivity contribution in [2.45, 2.75) is 27.0 Å². The van der Waals surface area contributed by atoms with Crippen LogP contribution in [-0.2, 0) is 27.4 Å². The van der Waals surface area contributed by atoms with Gasteiger partial charge in [0.05, 0.1) is 24.1 Å². The number of hydrogen-bond donors (Lipinski definition) is 0. The summed E-state index contributed by atoms with van der Waals surface area (Å²) in [5.41, 5.74) is -0.204. The quantitative estimate of drug-likeness (QED) is 0.500. The van der Waals surface area contributed by atoms with E-state index < -0.39 is 22.8 Å². The second-order valence-electron chi connectivity index (χ2n) is 6.80. The Bertz CT molecular complexity index is 1250. The molecule has 0 saturated carbocycles. The van der Waals surface area contributed by atoms with Crippen LogP contribution in [0.25, 0.3) is 10.9 Å². The standard InChI is InChI=1S/C24H23NO7/c1-3-30-22(27)14-25-13-18(24(29)31-4-2)23(28)17-12-21(20(26)11-10-19(17)25)32-15-16-8-6-5-7-9-16/h5-13H,3-4,14-15H2,1-2H3. The van der Waals surface area contributed by atoms with Crippen molar-refractivity contribution in [3.8, 4) is 5.75 Å². The molecule has 32 heavy (non-hydrogen) atoms. The van der Waals surface area contributed by atoms with E-state index in [1.54, 1.807) is 13.8 Å². The van der Waals surface area contributed by atoms with E-state index in [2.05, 4.69) is 0 Å². The van der Waals surface area contributed by atoms with Gasteiger partial charge in [0, 0.05) is 6.20 Å². The van der Waals surface area contributed by atoms with Gasteiger partial charge in [0.25, 0.3) is 0 Å². The van der Waals surface area contributed by atoms with Crippen molar-refractivity contribution in [3.63, 3.8) is 0 Å². The highest BCUT2D eigenvalue weighted by molar-refractivity contribution is 5.94. The largest absolute Gasteiger partial charge is 0.485 e. The van der Waals surface area contributed by atoms with E-state index >= 15 is 0 Å². The molecule has 1 heterocycles. The number of nitrogens with zero attached hydrogens (tertiary/aromatic N) is 1. The molecule has 0 N–H and O–H groups in total. The molecule has 166 valence electrons. The maximum absolute atomic E-state index is 13.1. The van der Waals surface area contributed by atoms with Crippen LogP contribution in [0, 0.1) is 0 Å². The van der Waals surface area contributed by atoms with Crippen LogP contribution >= 0.6 is 0 Å². The fourth-order valence-corrected chi connectivity index (χ4v) is 3.14. The van der Waals surface area contributed by atoms with Crippen LogP contribution in [0.15, 0.2) is 64.3 Å². The molecule has 0 radical (unpaired) electrons. The Balaban J connectivity index is 2.16. The predicted molar refractivity (Wildman–Crippen MR) is 118 cm³/mol. The number of ether oxygens (including phenoxy) is 3. The number of carbonyl (C=O) groups excluding carboxylic acids is 2. The molecule has 0 saturated heterocycles. The normalized spacial score (nSPS) is 10.6. The summed E-state index contributed by atoms with van der Waals surface area (Å²) in [5, 5.41) is 0.0463. The number of carbonyl (C=O) groups is 2. The molecular formula is C24H23NO7. The van der Waals surface area contributed by atoms with Crippen LogP contribution in [-0.4, -0.2) is 29.7 Å². The highest BCUT2D eigenvalue weighted by Gasteiger charge is 2.18. The third-order valence-electron chi connectivity index (χ3n) is 4.61. The maximum atomic E-state index is 13.1. The minimum absolute atomic E-state index is 0.0463. The van der Waals surface area contributed by atoms with Crippen LogP contribution in [0.2, 0.25) is 0 Å². The molecule has 0 bridgehead atoms. The topological polar surface area (TPSA) is 101 Å². The Morgan fingerprint density at radius 2 is 1.66 bits per heavy atom. The van der Waals surface area contributed by atoms with Gasteiger partial charge in [-0.2, -0.15) is 0 Å². The zero-order valence-electron chi connectivity index (χ0n) is 17.8. The molecule has 0 aliphatic rings. The van der Waals surface area contributed by atoms with Gasteiger partial charge in [0.1, 0.15) is 18.7 Å². The summed E-state index contributed by atoms with van der Waals surface area (Å²) >= 11 is 0. The van der Waals surface area contributed by atoms with E-state index in [0.717, 1.165) is 5.56 Å². The SMILES string of the molecule is CCOC(=O)Cn1cc(C(=O)OCC)c(=O)c2cc(OCc3ccccc3)c(=O)ccc21. The minimum atomic E-state index is -0.822. The summed E-state index contributed by atoms with van der Waals surface area (Å²) in [6.07, 6.45) is 1.24. The molecule has 8 nitrogen and oxygen atoms in total. The van der Waals surface area contributed by atoms with Gasteiger partial charge in [-0.15, -0.1) is 0 Å². The molecule has 0 fully saturated rings. The van der Waals surface area contributed by atoms with Gasteiger partial charge >= 0.3 is 11.9 Å². The van der Waals surface area contributed by atoms with E-state index in [1.165, 1.54) is 29.0 Å². The van der Waals surface area contributed by atoms with Gasteiger partial charge < -0.3 is 18.8 Å². The van der Waals surface area contributed by atoms with E-state index in [4.69, 9.17) is 14.2 Å². The number of esters is 2. The molecule has 0 spiro atoms. The van der Waals surface area contributed by atoms with Gasteiger partial charge in [-0.05, 0) is 37.6 Å². The molecule has 0 aliphatic carbocycles. The molecule has 3 rings (SSSR count). The lowest BCUT2D eigenvalue weighted by Crippen LogP contribution is -2.23. The molecule has 3 aromatic rings. The first-order chi connectivity index (χ1) is 15.4. The fraction of sp³-hybridized carbons (Fsp3) is 0.250. The Labute approximate surface area is 184 Å². The Hall–Kier alpha value is -3.94. The van der Waals surface area contributed by atoms with Crippen LogP contribution in [0.5, 0.6) is 5.75 Å². The van der Waals surface area contributed by atoms with Gasteiger partial charge in [-0.25, -0.2) is 4.79 Å². The smallest absolute Gasteiger partial charge is 0.343 e. The fourth-order valence-electron chi connectivity index (χ4n) is 3.14. The maximum Gasteiger partial charge on any atom is 0.343 e. The van der Waals surface area contributed by atoms with Crippen molar-refractivity contribution in [2.75, 3.05) is 13.2 Å². The number of hydrogen-bond acceptors (Lipinski definition) is 7. The highest BCUT2D eigenvalue weighted by Crippen LogP contribution is 2.16. The minimum Gasteiger partial charge on any atom is -0.485 e. The van der Waals surface area contributed by atoms with Gasteiger partial charge in [-0.3, -0.25) is 14.4 Å². The summed E-state index contributed by atoms with van der Waals surface area (Å²) in [7, 11) is 0. The second kappa shape index (κ2) is 10.4. The number of benzene rings is 1. The van der Waals surface area contributed by atoms with Crippen molar-refractivity contribution in [3.05, 3.63) is 86.3 Å². The van der Waals surface area contributed by atoms with Gasteiger partial charge in [0.15, 0.2) is 5.75 Å². The second-order valence-corrected chi connectivity index (χ2v) is 6.80. The Morgan fingerprint density at radius 1 is 0.938 bits per heavy atom. The van der Waals surface area contributed by atoms with Gasteiger partial charge in [-0.1, -0.05) is 30.3 Å². The number of pyridine rings is 1. The summed E-state index contributed by atoms with van der Waals surface area (Å²) < 4.78 is 17.1. The van der Waals surface area contributed by atoms with Crippen molar-refractivity contribution < 1.29 is 23.8 Å². The van der Waals surface area contributed by atoms with E-state index in [9.17, 15) is 19.2 Å². The van der Waals surface area contributed by atoms with Crippen molar-refractivity contribution in [2.24, 2.45) is 0 Å². The lowest BCUT2D eigenvalue weighted by Gasteiger charge is -2.11. The first kappa shape index (κ1) is 22.7.